The number of piperazine rings is 2. The molecule has 29 nitrogen and oxygen atoms in total. The molecule has 0 radical (unpaired) electrons. The number of ether oxygens (including phenoxy) is 9. The molecule has 2 fully saturated rings. The molecule has 4 heterocycles. The van der Waals surface area contributed by atoms with Crippen LogP contribution in [0.4, 0.5) is 19.7 Å². The van der Waals surface area contributed by atoms with Crippen LogP contribution in [0.2, 0.25) is 0 Å². The number of carbonyl (C=O) groups excluding carboxylic acids is 3. The maximum Gasteiger partial charge on any atom is 0.519 e. The van der Waals surface area contributed by atoms with Crippen molar-refractivity contribution < 1.29 is 88.1 Å². The van der Waals surface area contributed by atoms with Crippen molar-refractivity contribution in [3.8, 4) is 91.8 Å². The monoisotopic (exact) mass is 1640 g/mol. The number of hydrogen-bond acceptors (Lipinski definition) is 24. The molecule has 10 aromatic rings. The molecule has 2 saturated heterocycles. The van der Waals surface area contributed by atoms with Crippen LogP contribution in [0.3, 0.4) is 0 Å². The molecule has 7 N–H and O–H groups in total. The van der Waals surface area contributed by atoms with Gasteiger partial charge in [0, 0.05) is 95.3 Å². The van der Waals surface area contributed by atoms with Crippen LogP contribution in [0.5, 0.6) is 74.7 Å². The lowest BCUT2D eigenvalue weighted by Gasteiger charge is -2.34. The molecule has 1 aromatic heterocycles. The Hall–Kier alpha value is -13.7. The third kappa shape index (κ3) is 22.1. The fourth-order valence-corrected chi connectivity index (χ4v) is 13.8. The number of methoxy groups -OCH3 is 6. The van der Waals surface area contributed by atoms with Gasteiger partial charge < -0.3 is 73.3 Å². The Morgan fingerprint density at radius 3 is 1.52 bits per heavy atom. The van der Waals surface area contributed by atoms with E-state index in [2.05, 4.69) is 48.0 Å². The second-order valence-electron chi connectivity index (χ2n) is 28.7. The zero-order valence-electron chi connectivity index (χ0n) is 69.8. The molecule has 0 saturated carbocycles. The fraction of sp³-hybridized carbons (Fsp3) is 0.289. The van der Waals surface area contributed by atoms with Crippen LogP contribution in [0, 0.1) is 24.0 Å². The molecular formula is C90H99FN10O19. The number of nitro groups is 1. The van der Waals surface area contributed by atoms with E-state index in [4.69, 9.17) is 44.0 Å². The van der Waals surface area contributed by atoms with Crippen molar-refractivity contribution in [1.82, 2.24) is 40.2 Å². The maximum atomic E-state index is 13.3. The SMILES string of the molecule is CC(C)c1cc(C2=NNC(=O)C2c2ccc(CN3CCNCC3)cc2)c(O)cc1O.COc1ccc(/C=C\c2cc(C)c(OC)c(OC)c2)cc1OC(=O)N1CCN(Cc2ccc(-n3c(-c4cc(C(C)C)c(O)cc4O)n[nH]c3=O)cc2)CC1.COc1ccc(/C=C\c2cc(C)c(OC)c(OC)c2)cc1OC(=O)Oc1ccc([N+](=O)[O-])cc1.[2H]CF. The molecular weight excluding hydrogens is 1540 g/mol. The number of hydrogen-bond donors (Lipinski definition) is 7. The number of aromatic amines is 1. The molecule has 1 unspecified atom stereocenters. The van der Waals surface area contributed by atoms with Gasteiger partial charge in [0.25, 0.3) is 11.6 Å². The number of H-pyrrole nitrogens is 1. The number of phenols is 4. The summed E-state index contributed by atoms with van der Waals surface area (Å²) in [7, 11) is 8.37. The van der Waals surface area contributed by atoms with E-state index in [0.717, 1.165) is 77.2 Å². The summed E-state index contributed by atoms with van der Waals surface area (Å²) in [6.07, 6.45) is 6.15. The van der Waals surface area contributed by atoms with Gasteiger partial charge in [0.2, 0.25) is 0 Å². The summed E-state index contributed by atoms with van der Waals surface area (Å²) < 4.78 is 65.6. The first-order valence-electron chi connectivity index (χ1n) is 39.0. The minimum Gasteiger partial charge on any atom is -0.508 e. The van der Waals surface area contributed by atoms with Gasteiger partial charge in [-0.3, -0.25) is 29.1 Å². The minimum atomic E-state index is -1.01. The van der Waals surface area contributed by atoms with Gasteiger partial charge in [0.1, 0.15) is 34.7 Å². The van der Waals surface area contributed by atoms with Crippen LogP contribution in [0.1, 0.15) is 114 Å². The number of phenolic OH excluding ortho intramolecular Hbond substituents is 4. The first-order valence-corrected chi connectivity index (χ1v) is 38.3. The van der Waals surface area contributed by atoms with E-state index in [1.165, 1.54) is 60.7 Å². The number of amides is 2. The predicted octanol–water partition coefficient (Wildman–Crippen LogP) is 15.1. The number of aromatic hydroxyl groups is 4. The number of nitrogens with zero attached hydrogens (tertiary/aromatic N) is 7. The normalized spacial score (nSPS) is 14.1. The molecule has 120 heavy (non-hydrogen) atoms. The summed E-state index contributed by atoms with van der Waals surface area (Å²) in [5, 5.41) is 66.5. The van der Waals surface area contributed by atoms with Crippen LogP contribution in [0.25, 0.3) is 41.4 Å². The van der Waals surface area contributed by atoms with Gasteiger partial charge in [-0.25, -0.2) is 29.5 Å². The van der Waals surface area contributed by atoms with E-state index >= 15 is 0 Å². The van der Waals surface area contributed by atoms with Gasteiger partial charge >= 0.3 is 17.9 Å². The van der Waals surface area contributed by atoms with E-state index < -0.39 is 35.9 Å². The summed E-state index contributed by atoms with van der Waals surface area (Å²) in [6, 6.07) is 44.8. The topological polar surface area (TPSA) is 355 Å². The summed E-state index contributed by atoms with van der Waals surface area (Å²) in [5.74, 6) is 3.22. The summed E-state index contributed by atoms with van der Waals surface area (Å²) >= 11 is 0. The Bertz CT molecular complexity index is 5450. The summed E-state index contributed by atoms with van der Waals surface area (Å²) in [6.45, 7) is 19.5. The number of aryl methyl sites for hydroxylation is 2. The molecule has 3 aliphatic heterocycles. The van der Waals surface area contributed by atoms with Gasteiger partial charge in [-0.05, 0) is 172 Å². The lowest BCUT2D eigenvalue weighted by Crippen LogP contribution is -2.49. The number of carbonyl (C=O) groups is 3. The largest absolute Gasteiger partial charge is 0.519 e. The van der Waals surface area contributed by atoms with Crippen LogP contribution >= 0.6 is 0 Å². The number of rotatable bonds is 24. The molecule has 9 aromatic carbocycles. The highest BCUT2D eigenvalue weighted by molar-refractivity contribution is 6.21. The Morgan fingerprint density at radius 1 is 0.558 bits per heavy atom. The third-order valence-electron chi connectivity index (χ3n) is 20.0. The van der Waals surface area contributed by atoms with Crippen molar-refractivity contribution in [3.63, 3.8) is 0 Å². The van der Waals surface area contributed by atoms with Crippen molar-refractivity contribution >= 4 is 53.9 Å². The summed E-state index contributed by atoms with van der Waals surface area (Å²) in [4.78, 5) is 67.5. The number of non-ortho nitro benzene ring substituents is 1. The molecule has 630 valence electrons. The second-order valence-corrected chi connectivity index (χ2v) is 28.7. The summed E-state index contributed by atoms with van der Waals surface area (Å²) in [5.41, 5.74) is 13.5. The van der Waals surface area contributed by atoms with E-state index in [0.29, 0.717) is 107 Å². The van der Waals surface area contributed by atoms with Crippen LogP contribution in [-0.2, 0) is 17.9 Å². The molecule has 0 spiro atoms. The molecule has 1 atom stereocenters. The smallest absolute Gasteiger partial charge is 0.508 e. The van der Waals surface area contributed by atoms with Gasteiger partial charge in [-0.15, -0.1) is 0 Å². The van der Waals surface area contributed by atoms with Crippen molar-refractivity contribution in [2.24, 2.45) is 5.10 Å². The van der Waals surface area contributed by atoms with Crippen LogP contribution in [0.15, 0.2) is 168 Å². The average Bonchev–Trinajstić information content (AvgIpc) is 1.68. The Kier molecular flexibility index (Phi) is 30.1. The number of nitrogens with one attached hydrogen (secondary N) is 3. The Balaban J connectivity index is 0.000000198. The fourth-order valence-electron chi connectivity index (χ4n) is 13.8. The highest BCUT2D eigenvalue weighted by Crippen LogP contribution is 2.41. The van der Waals surface area contributed by atoms with E-state index in [1.807, 2.05) is 133 Å². The van der Waals surface area contributed by atoms with Gasteiger partial charge in [0.15, 0.2) is 51.8 Å². The number of nitro benzene ring substituents is 1. The van der Waals surface area contributed by atoms with E-state index in [1.54, 1.807) is 75.8 Å². The first-order chi connectivity index (χ1) is 58.2. The highest BCUT2D eigenvalue weighted by Gasteiger charge is 2.35. The molecule has 30 heteroatoms. The molecule has 0 bridgehead atoms. The number of aromatic nitrogens is 3. The molecule has 0 aliphatic carbocycles. The number of hydrazone groups is 1. The van der Waals surface area contributed by atoms with E-state index in [9.17, 15) is 54.1 Å². The van der Waals surface area contributed by atoms with Gasteiger partial charge in [0.05, 0.1) is 73.1 Å². The zero-order valence-corrected chi connectivity index (χ0v) is 68.8. The number of alkyl halides is 1. The molecule has 3 aliphatic rings. The third-order valence-corrected chi connectivity index (χ3v) is 20.0. The molecule has 2 amide bonds. The average molecular weight is 1640 g/mol. The van der Waals surface area contributed by atoms with Crippen LogP contribution in [-0.4, -0.2) is 181 Å². The van der Waals surface area contributed by atoms with Gasteiger partial charge in [-0.1, -0.05) is 101 Å². The van der Waals surface area contributed by atoms with Crippen LogP contribution < -0.4 is 59.1 Å². The van der Waals surface area contributed by atoms with Crippen molar-refractivity contribution in [3.05, 3.63) is 245 Å². The Morgan fingerprint density at radius 2 is 1.02 bits per heavy atom. The van der Waals surface area contributed by atoms with Crippen molar-refractivity contribution in [2.75, 3.05) is 102 Å². The first kappa shape index (κ1) is 87.1. The highest BCUT2D eigenvalue weighted by atomic mass is 19.1. The van der Waals surface area contributed by atoms with Gasteiger partial charge in [-0.2, -0.15) is 10.2 Å². The molecule has 13 rings (SSSR count). The standard InChI is InChI=1S/C41H45N5O8.C25H23NO8.C23H28N4O3.CH3F/c1-25(2)31-22-32(34(48)23-33(31)47)39-42-43-40(49)46(39)30-12-9-28(10-13-30)24-44-15-17-45(18-16-44)41(50)54-36-20-27(11-14-35(36)51-4)7-8-29-19-26(3)38(53-6)37(21-29)52-5;1-16-13-18(15-23(31-3)24(16)32-4)6-5-17-7-12-21(30-2)22(14-17)34-25(27)33-20-10-8-19(9-11-20)26(28)29;1-14(2)17-11-18(20(29)12-19(17)28)22-21(23(30)26-25-22)16-5-3-15(4-6-16)13-27-9-7-24-8-10-27;1-2/h7-14,19-23,25,47-48H,15-18,24H2,1-6H3,(H,43,49);5-15H,1-4H3;3-6,11-12,14,21,24,28-29H,7-10,13H2,1-2H3,(H,26,30);1H3/b8-7-;6-5-;;/i;;;1D. The second kappa shape index (κ2) is 41.4. The number of halogens is 1. The number of benzene rings is 9. The minimum absolute atomic E-state index is 0.00842. The lowest BCUT2D eigenvalue weighted by molar-refractivity contribution is -0.384. The maximum absolute atomic E-state index is 13.3. The predicted molar refractivity (Wildman–Crippen MR) is 455 cm³/mol. The lowest BCUT2D eigenvalue weighted by atomic mass is 9.87. The quantitative estimate of drug-likeness (QED) is 0.00971. The van der Waals surface area contributed by atoms with Crippen molar-refractivity contribution in [1.29, 1.82) is 0 Å². The van der Waals surface area contributed by atoms with Crippen molar-refractivity contribution in [2.45, 2.75) is 72.4 Å². The Labute approximate surface area is 695 Å². The van der Waals surface area contributed by atoms with E-state index in [-0.39, 0.29) is 63.8 Å². The zero-order chi connectivity index (χ0) is 87.1.